The lowest BCUT2D eigenvalue weighted by atomic mass is 10.1. The zero-order valence-electron chi connectivity index (χ0n) is 13.6. The fraction of sp³-hybridized carbons (Fsp3) is 0.316. The van der Waals surface area contributed by atoms with Crippen LogP contribution in [0.2, 0.25) is 0 Å². The smallest absolute Gasteiger partial charge is 0.262 e. The molecule has 4 heteroatoms. The summed E-state index contributed by atoms with van der Waals surface area (Å²) >= 11 is 0. The van der Waals surface area contributed by atoms with Crippen molar-refractivity contribution in [2.75, 3.05) is 11.9 Å². The number of fused-ring (bicyclic) bond motifs is 1. The van der Waals surface area contributed by atoms with E-state index in [9.17, 15) is 4.79 Å². The predicted molar refractivity (Wildman–Crippen MR) is 91.6 cm³/mol. The van der Waals surface area contributed by atoms with E-state index in [0.29, 0.717) is 0 Å². The number of hydrogen-bond acceptors (Lipinski definition) is 3. The molecule has 0 radical (unpaired) electrons. The molecular weight excluding hydrogens is 288 g/mol. The first-order chi connectivity index (χ1) is 11.2. The molecule has 0 spiro atoms. The van der Waals surface area contributed by atoms with E-state index in [1.807, 2.05) is 18.2 Å². The second kappa shape index (κ2) is 6.84. The van der Waals surface area contributed by atoms with Crippen LogP contribution < -0.4 is 15.4 Å². The van der Waals surface area contributed by atoms with E-state index in [-0.39, 0.29) is 18.6 Å². The molecule has 2 N–H and O–H groups in total. The number of rotatable bonds is 5. The van der Waals surface area contributed by atoms with Crippen molar-refractivity contribution in [3.8, 4) is 5.75 Å². The second-order valence-electron chi connectivity index (χ2n) is 5.87. The Labute approximate surface area is 136 Å². The largest absolute Gasteiger partial charge is 0.482 e. The van der Waals surface area contributed by atoms with E-state index >= 15 is 0 Å². The zero-order chi connectivity index (χ0) is 16.2. The Hall–Kier alpha value is -2.33. The van der Waals surface area contributed by atoms with Gasteiger partial charge in [0.15, 0.2) is 6.61 Å². The highest BCUT2D eigenvalue weighted by Crippen LogP contribution is 2.30. The molecule has 1 amide bonds. The van der Waals surface area contributed by atoms with Crippen molar-refractivity contribution < 1.29 is 9.53 Å². The van der Waals surface area contributed by atoms with Gasteiger partial charge < -0.3 is 15.4 Å². The van der Waals surface area contributed by atoms with Crippen molar-refractivity contribution in [2.45, 2.75) is 32.9 Å². The quantitative estimate of drug-likeness (QED) is 0.889. The lowest BCUT2D eigenvalue weighted by Crippen LogP contribution is -2.26. The lowest BCUT2D eigenvalue weighted by molar-refractivity contribution is -0.118. The molecule has 1 aliphatic heterocycles. The molecule has 1 heterocycles. The normalized spacial score (nSPS) is 14.6. The Morgan fingerprint density at radius 2 is 2.04 bits per heavy atom. The molecule has 0 saturated carbocycles. The molecule has 2 aromatic carbocycles. The van der Waals surface area contributed by atoms with Gasteiger partial charge in [-0.1, -0.05) is 37.3 Å². The maximum Gasteiger partial charge on any atom is 0.262 e. The first-order valence-electron chi connectivity index (χ1n) is 8.03. The van der Waals surface area contributed by atoms with Crippen molar-refractivity contribution in [3.63, 3.8) is 0 Å². The highest BCUT2D eigenvalue weighted by Gasteiger charge is 2.17. The minimum absolute atomic E-state index is 0.0912. The molecule has 23 heavy (non-hydrogen) atoms. The Morgan fingerprint density at radius 3 is 2.87 bits per heavy atom. The summed E-state index contributed by atoms with van der Waals surface area (Å²) in [7, 11) is 0. The van der Waals surface area contributed by atoms with E-state index < -0.39 is 0 Å². The summed E-state index contributed by atoms with van der Waals surface area (Å²) < 4.78 is 5.39. The van der Waals surface area contributed by atoms with Crippen LogP contribution in [0.3, 0.4) is 0 Å². The molecule has 120 valence electrons. The molecule has 1 atom stereocenters. The van der Waals surface area contributed by atoms with Crippen LogP contribution in [0.25, 0.3) is 0 Å². The predicted octanol–water partition coefficient (Wildman–Crippen LogP) is 3.43. The standard InChI is InChI=1S/C19H22N2O2/c1-3-14-5-4-6-15(9-14)11-20-13(2)16-7-8-18-17(10-16)21-19(22)12-23-18/h4-10,13,20H,3,11-12H2,1-2H3,(H,21,22)/t13-/m1/s1. The number of amides is 1. The van der Waals surface area contributed by atoms with Crippen molar-refractivity contribution in [1.82, 2.24) is 5.32 Å². The highest BCUT2D eigenvalue weighted by molar-refractivity contribution is 5.95. The van der Waals surface area contributed by atoms with Crippen molar-refractivity contribution in [3.05, 3.63) is 59.2 Å². The Balaban J connectivity index is 1.67. The number of carbonyl (C=O) groups is 1. The van der Waals surface area contributed by atoms with Crippen LogP contribution in [-0.2, 0) is 17.8 Å². The fourth-order valence-corrected chi connectivity index (χ4v) is 2.72. The van der Waals surface area contributed by atoms with E-state index in [0.717, 1.165) is 30.0 Å². The second-order valence-corrected chi connectivity index (χ2v) is 5.87. The van der Waals surface area contributed by atoms with Crippen molar-refractivity contribution >= 4 is 11.6 Å². The molecule has 0 saturated heterocycles. The first kappa shape index (κ1) is 15.6. The molecule has 0 aromatic heterocycles. The van der Waals surface area contributed by atoms with E-state index in [1.54, 1.807) is 0 Å². The number of carbonyl (C=O) groups excluding carboxylic acids is 1. The van der Waals surface area contributed by atoms with Gasteiger partial charge >= 0.3 is 0 Å². The number of aryl methyl sites for hydroxylation is 1. The highest BCUT2D eigenvalue weighted by atomic mass is 16.5. The van der Waals surface area contributed by atoms with Gasteiger partial charge in [-0.25, -0.2) is 0 Å². The molecule has 0 unspecified atom stereocenters. The van der Waals surface area contributed by atoms with Gasteiger partial charge in [-0.3, -0.25) is 4.79 Å². The van der Waals surface area contributed by atoms with Gasteiger partial charge in [-0.05, 0) is 42.2 Å². The van der Waals surface area contributed by atoms with E-state index in [4.69, 9.17) is 4.74 Å². The third kappa shape index (κ3) is 3.71. The first-order valence-corrected chi connectivity index (χ1v) is 8.03. The van der Waals surface area contributed by atoms with Gasteiger partial charge in [0, 0.05) is 12.6 Å². The minimum atomic E-state index is -0.105. The van der Waals surface area contributed by atoms with Crippen LogP contribution in [0.4, 0.5) is 5.69 Å². The van der Waals surface area contributed by atoms with Gasteiger partial charge in [-0.15, -0.1) is 0 Å². The number of ether oxygens (including phenoxy) is 1. The monoisotopic (exact) mass is 310 g/mol. The SMILES string of the molecule is CCc1cccc(CN[C@H](C)c2ccc3c(c2)NC(=O)CO3)c1. The van der Waals surface area contributed by atoms with Crippen molar-refractivity contribution in [1.29, 1.82) is 0 Å². The molecule has 0 bridgehead atoms. The number of hydrogen-bond donors (Lipinski definition) is 2. The molecular formula is C19H22N2O2. The molecule has 0 fully saturated rings. The minimum Gasteiger partial charge on any atom is -0.482 e. The molecule has 4 nitrogen and oxygen atoms in total. The summed E-state index contributed by atoms with van der Waals surface area (Å²) in [6, 6.07) is 14.7. The fourth-order valence-electron chi connectivity index (χ4n) is 2.72. The molecule has 1 aliphatic rings. The molecule has 0 aliphatic carbocycles. The number of benzene rings is 2. The van der Waals surface area contributed by atoms with Crippen LogP contribution in [0.15, 0.2) is 42.5 Å². The van der Waals surface area contributed by atoms with Crippen LogP contribution in [0.1, 0.15) is 36.6 Å². The summed E-state index contributed by atoms with van der Waals surface area (Å²) in [5.41, 5.74) is 4.51. The zero-order valence-corrected chi connectivity index (χ0v) is 13.6. The summed E-state index contributed by atoms with van der Waals surface area (Å²) in [6.07, 6.45) is 1.05. The third-order valence-corrected chi connectivity index (χ3v) is 4.15. The molecule has 2 aromatic rings. The average molecular weight is 310 g/mol. The summed E-state index contributed by atoms with van der Waals surface area (Å²) in [4.78, 5) is 11.4. The Morgan fingerprint density at radius 1 is 1.22 bits per heavy atom. The third-order valence-electron chi connectivity index (χ3n) is 4.15. The van der Waals surface area contributed by atoms with E-state index in [1.165, 1.54) is 11.1 Å². The van der Waals surface area contributed by atoms with Gasteiger partial charge in [0.05, 0.1) is 5.69 Å². The Kier molecular flexibility index (Phi) is 4.63. The maximum atomic E-state index is 11.4. The summed E-state index contributed by atoms with van der Waals surface area (Å²) in [5, 5.41) is 6.38. The molecule has 3 rings (SSSR count). The Bertz CT molecular complexity index is 712. The van der Waals surface area contributed by atoms with E-state index in [2.05, 4.69) is 48.7 Å². The van der Waals surface area contributed by atoms with Crippen LogP contribution in [0.5, 0.6) is 5.75 Å². The van der Waals surface area contributed by atoms with Gasteiger partial charge in [0.25, 0.3) is 5.91 Å². The summed E-state index contributed by atoms with van der Waals surface area (Å²) in [5.74, 6) is 0.628. The average Bonchev–Trinajstić information content (AvgIpc) is 2.59. The number of anilines is 1. The van der Waals surface area contributed by atoms with Crippen molar-refractivity contribution in [2.24, 2.45) is 0 Å². The van der Waals surface area contributed by atoms with Crippen LogP contribution in [0, 0.1) is 0 Å². The van der Waals surface area contributed by atoms with Gasteiger partial charge in [0.2, 0.25) is 0 Å². The lowest BCUT2D eigenvalue weighted by Gasteiger charge is -2.21. The van der Waals surface area contributed by atoms with Gasteiger partial charge in [-0.2, -0.15) is 0 Å². The van der Waals surface area contributed by atoms with Crippen LogP contribution >= 0.6 is 0 Å². The summed E-state index contributed by atoms with van der Waals surface area (Å²) in [6.45, 7) is 5.19. The van der Waals surface area contributed by atoms with Gasteiger partial charge in [0.1, 0.15) is 5.75 Å². The topological polar surface area (TPSA) is 50.4 Å². The maximum absolute atomic E-state index is 11.4. The van der Waals surface area contributed by atoms with Crippen LogP contribution in [-0.4, -0.2) is 12.5 Å². The number of nitrogens with one attached hydrogen (secondary N) is 2.